The molecule has 186 valence electrons. The first kappa shape index (κ1) is 24.0. The van der Waals surface area contributed by atoms with Gasteiger partial charge in [-0.05, 0) is 66.3 Å². The molecule has 0 unspecified atom stereocenters. The normalized spacial score (nSPS) is 19.9. The second-order valence-electron chi connectivity index (χ2n) is 10.6. The lowest BCUT2D eigenvalue weighted by Crippen LogP contribution is -2.46. The summed E-state index contributed by atoms with van der Waals surface area (Å²) < 4.78 is 0. The number of aliphatic hydroxyl groups is 1. The Bertz CT molecular complexity index is 1080. The van der Waals surface area contributed by atoms with Crippen LogP contribution in [0.15, 0.2) is 42.5 Å². The molecule has 3 aliphatic heterocycles. The van der Waals surface area contributed by atoms with E-state index in [0.717, 1.165) is 69.4 Å². The highest BCUT2D eigenvalue weighted by molar-refractivity contribution is 5.97. The topological polar surface area (TPSA) is 64.1 Å². The van der Waals surface area contributed by atoms with Gasteiger partial charge in [0, 0.05) is 58.3 Å². The molecule has 1 N–H and O–H groups in total. The summed E-state index contributed by atoms with van der Waals surface area (Å²) in [5, 5.41) is 10.8. The number of fused-ring (bicyclic) bond motifs is 2. The van der Waals surface area contributed by atoms with Gasteiger partial charge in [0.25, 0.3) is 5.91 Å². The van der Waals surface area contributed by atoms with Crippen LogP contribution in [0.5, 0.6) is 0 Å². The first-order valence-corrected chi connectivity index (χ1v) is 13.1. The van der Waals surface area contributed by atoms with E-state index in [2.05, 4.69) is 47.4 Å². The number of piperidine rings is 1. The number of nitrogens with zero attached hydrogens (tertiary/aromatic N) is 3. The van der Waals surface area contributed by atoms with Gasteiger partial charge in [0.1, 0.15) is 0 Å². The Kier molecular flexibility index (Phi) is 7.21. The van der Waals surface area contributed by atoms with E-state index in [1.807, 2.05) is 9.80 Å². The Labute approximate surface area is 208 Å². The Morgan fingerprint density at radius 3 is 2.49 bits per heavy atom. The van der Waals surface area contributed by atoms with E-state index in [-0.39, 0.29) is 11.8 Å². The van der Waals surface area contributed by atoms with E-state index in [0.29, 0.717) is 25.6 Å². The van der Waals surface area contributed by atoms with Gasteiger partial charge in [-0.2, -0.15) is 0 Å². The second-order valence-corrected chi connectivity index (χ2v) is 10.6. The van der Waals surface area contributed by atoms with Crippen LogP contribution in [0.1, 0.15) is 52.4 Å². The summed E-state index contributed by atoms with van der Waals surface area (Å²) in [4.78, 5) is 31.0. The number of aliphatic hydroxyl groups excluding tert-OH is 1. The maximum Gasteiger partial charge on any atom is 0.254 e. The summed E-state index contributed by atoms with van der Waals surface area (Å²) in [7, 11) is 0. The quantitative estimate of drug-likeness (QED) is 0.698. The molecule has 5 rings (SSSR count). The number of carbonyl (C=O) groups is 2. The number of β-amino-alcohol motifs (C(OH)–C–C–N with tert-alkyl or cyclic N) is 1. The minimum Gasteiger partial charge on any atom is -0.390 e. The number of hydrogen-bond donors (Lipinski definition) is 1. The Morgan fingerprint density at radius 2 is 1.71 bits per heavy atom. The lowest BCUT2D eigenvalue weighted by atomic mass is 9.88. The first-order chi connectivity index (χ1) is 17.0. The summed E-state index contributed by atoms with van der Waals surface area (Å²) in [6, 6.07) is 14.9. The molecule has 0 aromatic heterocycles. The molecule has 0 aliphatic carbocycles. The van der Waals surface area contributed by atoms with E-state index < -0.39 is 6.10 Å². The molecule has 1 atom stereocenters. The van der Waals surface area contributed by atoms with Crippen molar-refractivity contribution in [3.63, 3.8) is 0 Å². The van der Waals surface area contributed by atoms with Crippen LogP contribution in [0.4, 0.5) is 0 Å². The fourth-order valence-corrected chi connectivity index (χ4v) is 5.97. The van der Waals surface area contributed by atoms with Crippen molar-refractivity contribution >= 4 is 11.8 Å². The number of rotatable bonds is 6. The predicted molar refractivity (Wildman–Crippen MR) is 136 cm³/mol. The van der Waals surface area contributed by atoms with Gasteiger partial charge in [0.05, 0.1) is 6.10 Å². The molecule has 0 bridgehead atoms. The van der Waals surface area contributed by atoms with Crippen LogP contribution in [-0.2, 0) is 30.6 Å². The number of likely N-dealkylation sites (tertiary alicyclic amines) is 1. The van der Waals surface area contributed by atoms with Gasteiger partial charge >= 0.3 is 0 Å². The summed E-state index contributed by atoms with van der Waals surface area (Å²) in [6.07, 6.45) is 4.27. The van der Waals surface area contributed by atoms with Crippen molar-refractivity contribution in [1.29, 1.82) is 0 Å². The third-order valence-electron chi connectivity index (χ3n) is 8.04. The molecule has 3 aliphatic rings. The largest absolute Gasteiger partial charge is 0.390 e. The van der Waals surface area contributed by atoms with Crippen LogP contribution in [0, 0.1) is 5.92 Å². The predicted octanol–water partition coefficient (Wildman–Crippen LogP) is 2.91. The van der Waals surface area contributed by atoms with E-state index in [4.69, 9.17) is 0 Å². The Morgan fingerprint density at radius 1 is 0.971 bits per heavy atom. The van der Waals surface area contributed by atoms with E-state index in [1.165, 1.54) is 16.7 Å². The SMILES string of the molecule is CC(=O)N1CCC(Cc2ccc3c(c2)C(=O)N(C[C@@H](O)CN2CCc4ccccc4C2)CC3)CC1. The molecule has 2 aromatic rings. The number of hydrogen-bond acceptors (Lipinski definition) is 4. The lowest BCUT2D eigenvalue weighted by Gasteiger charge is -2.34. The van der Waals surface area contributed by atoms with Gasteiger partial charge in [-0.3, -0.25) is 14.5 Å². The molecule has 1 saturated heterocycles. The number of benzene rings is 2. The third-order valence-corrected chi connectivity index (χ3v) is 8.04. The highest BCUT2D eigenvalue weighted by atomic mass is 16.3. The van der Waals surface area contributed by atoms with Gasteiger partial charge in [-0.15, -0.1) is 0 Å². The van der Waals surface area contributed by atoms with Crippen LogP contribution in [0.2, 0.25) is 0 Å². The molecule has 0 saturated carbocycles. The highest BCUT2D eigenvalue weighted by Crippen LogP contribution is 2.26. The summed E-state index contributed by atoms with van der Waals surface area (Å²) in [5.41, 5.74) is 5.86. The molecule has 2 amide bonds. The zero-order valence-corrected chi connectivity index (χ0v) is 20.8. The molecule has 1 fully saturated rings. The monoisotopic (exact) mass is 475 g/mol. The maximum atomic E-state index is 13.3. The van der Waals surface area contributed by atoms with Crippen molar-refractivity contribution in [3.8, 4) is 0 Å². The minimum absolute atomic E-state index is 0.0440. The van der Waals surface area contributed by atoms with Crippen molar-refractivity contribution in [2.75, 3.05) is 39.3 Å². The smallest absolute Gasteiger partial charge is 0.254 e. The molecular weight excluding hydrogens is 438 g/mol. The summed E-state index contributed by atoms with van der Waals surface area (Å²) >= 11 is 0. The highest BCUT2D eigenvalue weighted by Gasteiger charge is 2.28. The average Bonchev–Trinajstić information content (AvgIpc) is 2.86. The van der Waals surface area contributed by atoms with E-state index >= 15 is 0 Å². The second kappa shape index (κ2) is 10.5. The minimum atomic E-state index is -0.555. The molecule has 35 heavy (non-hydrogen) atoms. The standard InChI is InChI=1S/C29H37N3O3/c1-21(33)31-13-8-22(9-14-31)16-23-6-7-25-11-15-32(29(35)28(25)17-23)20-27(34)19-30-12-10-24-4-2-3-5-26(24)18-30/h2-7,17,22,27,34H,8-16,18-20H2,1H3/t27-/m0/s1. The van der Waals surface area contributed by atoms with Gasteiger partial charge in [0.15, 0.2) is 0 Å². The van der Waals surface area contributed by atoms with Gasteiger partial charge in [0.2, 0.25) is 5.91 Å². The Hall–Kier alpha value is -2.70. The molecule has 3 heterocycles. The Balaban J connectivity index is 1.17. The van der Waals surface area contributed by atoms with E-state index in [9.17, 15) is 14.7 Å². The molecule has 2 aromatic carbocycles. The number of carbonyl (C=O) groups excluding carboxylic acids is 2. The number of amides is 2. The van der Waals surface area contributed by atoms with Gasteiger partial charge in [-0.1, -0.05) is 36.4 Å². The van der Waals surface area contributed by atoms with Crippen molar-refractivity contribution in [2.45, 2.75) is 51.7 Å². The van der Waals surface area contributed by atoms with Crippen LogP contribution in [-0.4, -0.2) is 77.0 Å². The maximum absolute atomic E-state index is 13.3. The first-order valence-electron chi connectivity index (χ1n) is 13.1. The third kappa shape index (κ3) is 5.60. The lowest BCUT2D eigenvalue weighted by molar-refractivity contribution is -0.130. The van der Waals surface area contributed by atoms with E-state index in [1.54, 1.807) is 6.92 Å². The fraction of sp³-hybridized carbons (Fsp3) is 0.517. The van der Waals surface area contributed by atoms with Gasteiger partial charge < -0.3 is 14.9 Å². The van der Waals surface area contributed by atoms with Crippen molar-refractivity contribution < 1.29 is 14.7 Å². The molecular formula is C29H37N3O3. The average molecular weight is 476 g/mol. The van der Waals surface area contributed by atoms with Crippen molar-refractivity contribution in [2.24, 2.45) is 5.92 Å². The molecule has 6 nitrogen and oxygen atoms in total. The molecule has 0 spiro atoms. The molecule has 6 heteroatoms. The van der Waals surface area contributed by atoms with Crippen molar-refractivity contribution in [1.82, 2.24) is 14.7 Å². The zero-order valence-electron chi connectivity index (χ0n) is 20.8. The van der Waals surface area contributed by atoms with Crippen LogP contribution in [0.25, 0.3) is 0 Å². The van der Waals surface area contributed by atoms with Crippen LogP contribution >= 0.6 is 0 Å². The summed E-state index contributed by atoms with van der Waals surface area (Å²) in [6.45, 7) is 6.74. The summed E-state index contributed by atoms with van der Waals surface area (Å²) in [5.74, 6) is 0.757. The van der Waals surface area contributed by atoms with Crippen molar-refractivity contribution in [3.05, 3.63) is 70.3 Å². The zero-order chi connectivity index (χ0) is 24.4. The van der Waals surface area contributed by atoms with Crippen LogP contribution in [0.3, 0.4) is 0 Å². The van der Waals surface area contributed by atoms with Gasteiger partial charge in [-0.25, -0.2) is 0 Å². The fourth-order valence-electron chi connectivity index (χ4n) is 5.97. The molecule has 0 radical (unpaired) electrons. The van der Waals surface area contributed by atoms with Crippen LogP contribution < -0.4 is 0 Å².